The average Bonchev–Trinajstić information content (AvgIpc) is 2.28. The van der Waals surface area contributed by atoms with E-state index in [0.29, 0.717) is 17.9 Å². The molecule has 0 unspecified atom stereocenters. The number of halogens is 2. The molecular formula is C14H12BrClO2. The summed E-state index contributed by atoms with van der Waals surface area (Å²) in [5.74, 6) is -0.297. The predicted molar refractivity (Wildman–Crippen MR) is 74.6 cm³/mol. The number of hydrogen-bond acceptors (Lipinski definition) is 2. The first-order valence-electron chi connectivity index (χ1n) is 5.77. The van der Waals surface area contributed by atoms with Gasteiger partial charge in [0.05, 0.1) is 5.57 Å². The van der Waals surface area contributed by atoms with E-state index >= 15 is 0 Å². The van der Waals surface area contributed by atoms with Crippen LogP contribution in [0.15, 0.2) is 39.3 Å². The van der Waals surface area contributed by atoms with Crippen LogP contribution in [0.2, 0.25) is 0 Å². The Morgan fingerprint density at radius 1 is 1.33 bits per heavy atom. The Labute approximate surface area is 119 Å². The highest BCUT2D eigenvalue weighted by Crippen LogP contribution is 2.26. The summed E-state index contributed by atoms with van der Waals surface area (Å²) < 4.78 is 0.919. The van der Waals surface area contributed by atoms with Crippen molar-refractivity contribution < 1.29 is 9.59 Å². The lowest BCUT2D eigenvalue weighted by molar-refractivity contribution is -0.121. The third kappa shape index (κ3) is 3.09. The van der Waals surface area contributed by atoms with Crippen molar-refractivity contribution in [3.63, 3.8) is 0 Å². The lowest BCUT2D eigenvalue weighted by atomic mass is 9.92. The van der Waals surface area contributed by atoms with E-state index in [4.69, 9.17) is 11.6 Å². The first-order chi connectivity index (χ1) is 8.58. The molecule has 2 nitrogen and oxygen atoms in total. The van der Waals surface area contributed by atoms with Gasteiger partial charge >= 0.3 is 0 Å². The Kier molecular flexibility index (Phi) is 4.36. The Morgan fingerprint density at radius 2 is 2.11 bits per heavy atom. The molecule has 0 spiro atoms. The number of benzene rings is 1. The summed E-state index contributed by atoms with van der Waals surface area (Å²) in [6, 6.07) is 7.50. The number of carbonyl (C=O) groups is 2. The van der Waals surface area contributed by atoms with Gasteiger partial charge in [-0.15, -0.1) is 0 Å². The van der Waals surface area contributed by atoms with Gasteiger partial charge in [-0.1, -0.05) is 39.7 Å². The smallest absolute Gasteiger partial charge is 0.171 e. The van der Waals surface area contributed by atoms with Crippen molar-refractivity contribution in [3.8, 4) is 0 Å². The maximum absolute atomic E-state index is 12.1. The summed E-state index contributed by atoms with van der Waals surface area (Å²) in [7, 11) is 0. The quantitative estimate of drug-likeness (QED) is 0.791. The topological polar surface area (TPSA) is 34.1 Å². The molecule has 0 aliphatic heterocycles. The SMILES string of the molecule is O=C1CCCC(Cl)=C1C(=O)Cc1cccc(Br)c1. The highest BCUT2D eigenvalue weighted by atomic mass is 79.9. The fraction of sp³-hybridized carbons (Fsp3) is 0.286. The summed E-state index contributed by atoms with van der Waals surface area (Å²) in [4.78, 5) is 23.9. The molecule has 0 saturated heterocycles. The maximum atomic E-state index is 12.1. The van der Waals surface area contributed by atoms with Crippen LogP contribution in [0.25, 0.3) is 0 Å². The maximum Gasteiger partial charge on any atom is 0.171 e. The molecule has 1 aromatic rings. The van der Waals surface area contributed by atoms with Crippen molar-refractivity contribution in [2.45, 2.75) is 25.7 Å². The Balaban J connectivity index is 2.20. The summed E-state index contributed by atoms with van der Waals surface area (Å²) >= 11 is 9.35. The molecule has 0 bridgehead atoms. The molecule has 18 heavy (non-hydrogen) atoms. The van der Waals surface area contributed by atoms with Crippen molar-refractivity contribution in [2.75, 3.05) is 0 Å². The summed E-state index contributed by atoms with van der Waals surface area (Å²) in [5.41, 5.74) is 1.09. The summed E-state index contributed by atoms with van der Waals surface area (Å²) in [5, 5.41) is 0.422. The van der Waals surface area contributed by atoms with E-state index in [1.165, 1.54) is 0 Å². The summed E-state index contributed by atoms with van der Waals surface area (Å²) in [6.45, 7) is 0. The van der Waals surface area contributed by atoms with Gasteiger partial charge in [0.2, 0.25) is 0 Å². The third-order valence-corrected chi connectivity index (χ3v) is 3.75. The molecule has 4 heteroatoms. The zero-order valence-electron chi connectivity index (χ0n) is 9.71. The predicted octanol–water partition coefficient (Wildman–Crippen LogP) is 3.81. The van der Waals surface area contributed by atoms with Gasteiger partial charge in [-0.25, -0.2) is 0 Å². The van der Waals surface area contributed by atoms with E-state index in [1.54, 1.807) is 0 Å². The Bertz CT molecular complexity index is 534. The van der Waals surface area contributed by atoms with Crippen LogP contribution in [-0.4, -0.2) is 11.6 Å². The number of ketones is 2. The van der Waals surface area contributed by atoms with E-state index < -0.39 is 0 Å². The van der Waals surface area contributed by atoms with Gasteiger partial charge in [0.25, 0.3) is 0 Å². The molecule has 0 atom stereocenters. The van der Waals surface area contributed by atoms with Gasteiger partial charge in [-0.2, -0.15) is 0 Å². The number of hydrogen-bond donors (Lipinski definition) is 0. The van der Waals surface area contributed by atoms with Gasteiger partial charge < -0.3 is 0 Å². The number of allylic oxidation sites excluding steroid dienone is 2. The third-order valence-electron chi connectivity index (χ3n) is 2.88. The molecule has 0 saturated carbocycles. The van der Waals surface area contributed by atoms with E-state index in [0.717, 1.165) is 16.5 Å². The van der Waals surface area contributed by atoms with Gasteiger partial charge in [0.1, 0.15) is 0 Å². The van der Waals surface area contributed by atoms with E-state index in [9.17, 15) is 9.59 Å². The molecule has 0 heterocycles. The fourth-order valence-corrected chi connectivity index (χ4v) is 2.82. The second-order valence-electron chi connectivity index (χ2n) is 4.29. The van der Waals surface area contributed by atoms with Crippen LogP contribution in [0.4, 0.5) is 0 Å². The molecule has 0 radical (unpaired) electrons. The average molecular weight is 328 g/mol. The minimum absolute atomic E-state index is 0.119. The van der Waals surface area contributed by atoms with E-state index in [1.807, 2.05) is 24.3 Å². The van der Waals surface area contributed by atoms with Gasteiger partial charge in [-0.3, -0.25) is 9.59 Å². The first kappa shape index (κ1) is 13.5. The molecule has 1 aliphatic rings. The molecule has 0 fully saturated rings. The first-order valence-corrected chi connectivity index (χ1v) is 6.94. The molecule has 0 amide bonds. The number of Topliss-reactive ketones (excluding diaryl/α,β-unsaturated/α-hetero) is 2. The van der Waals surface area contributed by atoms with Crippen LogP contribution in [0.1, 0.15) is 24.8 Å². The van der Waals surface area contributed by atoms with Crippen molar-refractivity contribution in [2.24, 2.45) is 0 Å². The Hall–Kier alpha value is -0.930. The molecule has 0 N–H and O–H groups in total. The van der Waals surface area contributed by atoms with Crippen LogP contribution in [0.5, 0.6) is 0 Å². The van der Waals surface area contributed by atoms with Crippen LogP contribution < -0.4 is 0 Å². The minimum atomic E-state index is -0.178. The lowest BCUT2D eigenvalue weighted by Gasteiger charge is -2.14. The lowest BCUT2D eigenvalue weighted by Crippen LogP contribution is -2.19. The molecule has 1 aromatic carbocycles. The highest BCUT2D eigenvalue weighted by Gasteiger charge is 2.25. The molecular weight excluding hydrogens is 316 g/mol. The largest absolute Gasteiger partial charge is 0.294 e. The standard InChI is InChI=1S/C14H12BrClO2/c15-10-4-1-3-9(7-10)8-13(18)14-11(16)5-2-6-12(14)17/h1,3-4,7H,2,5-6,8H2. The van der Waals surface area contributed by atoms with Crippen molar-refractivity contribution in [1.29, 1.82) is 0 Å². The van der Waals surface area contributed by atoms with Crippen LogP contribution in [0.3, 0.4) is 0 Å². The second kappa shape index (κ2) is 5.81. The summed E-state index contributed by atoms with van der Waals surface area (Å²) in [6.07, 6.45) is 2.02. The molecule has 0 aromatic heterocycles. The van der Waals surface area contributed by atoms with Crippen molar-refractivity contribution in [3.05, 3.63) is 44.9 Å². The van der Waals surface area contributed by atoms with Gasteiger partial charge in [0, 0.05) is 22.3 Å². The van der Waals surface area contributed by atoms with Crippen molar-refractivity contribution in [1.82, 2.24) is 0 Å². The van der Waals surface area contributed by atoms with E-state index in [2.05, 4.69) is 15.9 Å². The van der Waals surface area contributed by atoms with Crippen LogP contribution in [-0.2, 0) is 16.0 Å². The fourth-order valence-electron chi connectivity index (χ4n) is 2.03. The Morgan fingerprint density at radius 3 is 2.78 bits per heavy atom. The molecule has 1 aliphatic carbocycles. The highest BCUT2D eigenvalue weighted by molar-refractivity contribution is 9.10. The molecule has 2 rings (SSSR count). The van der Waals surface area contributed by atoms with E-state index in [-0.39, 0.29) is 23.6 Å². The van der Waals surface area contributed by atoms with Gasteiger partial charge in [0.15, 0.2) is 11.6 Å². The van der Waals surface area contributed by atoms with Crippen molar-refractivity contribution >= 4 is 39.1 Å². The minimum Gasteiger partial charge on any atom is -0.294 e. The zero-order chi connectivity index (χ0) is 13.1. The monoisotopic (exact) mass is 326 g/mol. The van der Waals surface area contributed by atoms with Crippen LogP contribution >= 0.6 is 27.5 Å². The zero-order valence-corrected chi connectivity index (χ0v) is 12.1. The van der Waals surface area contributed by atoms with Crippen LogP contribution in [0, 0.1) is 0 Å². The number of rotatable bonds is 3. The normalized spacial score (nSPS) is 16.0. The second-order valence-corrected chi connectivity index (χ2v) is 5.66. The number of carbonyl (C=O) groups excluding carboxylic acids is 2. The van der Waals surface area contributed by atoms with Gasteiger partial charge in [-0.05, 0) is 30.5 Å². The molecule has 94 valence electrons.